The first-order valence-electron chi connectivity index (χ1n) is 9.49. The van der Waals surface area contributed by atoms with Crippen molar-refractivity contribution >= 4 is 49.9 Å². The average Bonchev–Trinajstić information content (AvgIpc) is 3.40. The molecule has 0 amide bonds. The van der Waals surface area contributed by atoms with Crippen LogP contribution in [0.15, 0.2) is 40.2 Å². The van der Waals surface area contributed by atoms with Gasteiger partial charge in [-0.15, -0.1) is 34.0 Å². The Hall–Kier alpha value is -0.500. The van der Waals surface area contributed by atoms with Crippen LogP contribution in [0.3, 0.4) is 0 Å². The molecule has 0 N–H and O–H groups in total. The molecule has 2 nitrogen and oxygen atoms in total. The van der Waals surface area contributed by atoms with Crippen molar-refractivity contribution in [3.05, 3.63) is 45.1 Å². The van der Waals surface area contributed by atoms with Crippen molar-refractivity contribution < 1.29 is 0 Å². The SMILES string of the molecule is CCN(Cc1ccc(-c2ccc(-c3ccc(Br)s3)s2)s1)C1CCN(C)CC1. The van der Waals surface area contributed by atoms with Gasteiger partial charge >= 0.3 is 0 Å². The third kappa shape index (κ3) is 4.74. The van der Waals surface area contributed by atoms with E-state index in [1.54, 1.807) is 11.3 Å². The van der Waals surface area contributed by atoms with Gasteiger partial charge in [0.25, 0.3) is 0 Å². The molecule has 144 valence electrons. The van der Waals surface area contributed by atoms with Gasteiger partial charge in [-0.05, 0) is 91.9 Å². The van der Waals surface area contributed by atoms with Gasteiger partial charge in [0.2, 0.25) is 0 Å². The molecule has 0 spiro atoms. The van der Waals surface area contributed by atoms with E-state index in [0.29, 0.717) is 0 Å². The van der Waals surface area contributed by atoms with E-state index in [0.717, 1.165) is 19.1 Å². The molecule has 0 unspecified atom stereocenters. The highest BCUT2D eigenvalue weighted by Crippen LogP contribution is 2.41. The van der Waals surface area contributed by atoms with Crippen LogP contribution in [0, 0.1) is 0 Å². The summed E-state index contributed by atoms with van der Waals surface area (Å²) in [6.07, 6.45) is 2.60. The number of rotatable bonds is 6. The number of piperidine rings is 1. The number of likely N-dealkylation sites (tertiary alicyclic amines) is 1. The van der Waals surface area contributed by atoms with E-state index in [2.05, 4.69) is 76.1 Å². The number of hydrogen-bond acceptors (Lipinski definition) is 5. The molecule has 3 aromatic rings. The Morgan fingerprint density at radius 3 is 2.15 bits per heavy atom. The van der Waals surface area contributed by atoms with Gasteiger partial charge < -0.3 is 4.90 Å². The Balaban J connectivity index is 1.44. The van der Waals surface area contributed by atoms with Crippen LogP contribution in [-0.2, 0) is 6.54 Å². The number of halogens is 1. The first-order valence-corrected chi connectivity index (χ1v) is 12.7. The Labute approximate surface area is 182 Å². The second kappa shape index (κ2) is 8.89. The molecule has 4 rings (SSSR count). The number of thiophene rings is 3. The van der Waals surface area contributed by atoms with Crippen LogP contribution in [0.4, 0.5) is 0 Å². The zero-order valence-electron chi connectivity index (χ0n) is 15.8. The van der Waals surface area contributed by atoms with E-state index in [9.17, 15) is 0 Å². The van der Waals surface area contributed by atoms with Crippen molar-refractivity contribution in [2.75, 3.05) is 26.7 Å². The standard InChI is InChI=1S/C21H25BrN2S3/c1-3-24(15-10-12-23(2)13-11-15)14-16-4-5-17(25-16)18-6-7-19(26-18)20-8-9-21(22)27-20/h4-9,15H,3,10-14H2,1-2H3. The van der Waals surface area contributed by atoms with E-state index in [1.165, 1.54) is 54.1 Å². The second-order valence-electron chi connectivity index (χ2n) is 7.13. The van der Waals surface area contributed by atoms with Crippen molar-refractivity contribution in [1.29, 1.82) is 0 Å². The Morgan fingerprint density at radius 1 is 0.926 bits per heavy atom. The topological polar surface area (TPSA) is 6.48 Å². The van der Waals surface area contributed by atoms with Gasteiger partial charge in [-0.1, -0.05) is 6.92 Å². The third-order valence-corrected chi connectivity index (χ3v) is 9.47. The predicted octanol–water partition coefficient (Wildman–Crippen LogP) is 6.88. The summed E-state index contributed by atoms with van der Waals surface area (Å²) in [5.41, 5.74) is 0. The molecule has 3 aromatic heterocycles. The fourth-order valence-electron chi connectivity index (χ4n) is 3.70. The minimum Gasteiger partial charge on any atom is -0.306 e. The summed E-state index contributed by atoms with van der Waals surface area (Å²) in [5, 5.41) is 0. The molecule has 6 heteroatoms. The first kappa shape index (κ1) is 19.8. The van der Waals surface area contributed by atoms with E-state index in [1.807, 2.05) is 22.7 Å². The summed E-state index contributed by atoms with van der Waals surface area (Å²) >= 11 is 9.23. The second-order valence-corrected chi connectivity index (χ2v) is 11.8. The van der Waals surface area contributed by atoms with Crippen LogP contribution in [0.2, 0.25) is 0 Å². The maximum Gasteiger partial charge on any atom is 0.0705 e. The summed E-state index contributed by atoms with van der Waals surface area (Å²) in [4.78, 5) is 12.1. The zero-order chi connectivity index (χ0) is 18.8. The normalized spacial score (nSPS) is 16.4. The lowest BCUT2D eigenvalue weighted by Gasteiger charge is -2.36. The first-order chi connectivity index (χ1) is 13.1. The molecule has 1 saturated heterocycles. The Morgan fingerprint density at radius 2 is 1.52 bits per heavy atom. The smallest absolute Gasteiger partial charge is 0.0705 e. The third-order valence-electron chi connectivity index (χ3n) is 5.30. The van der Waals surface area contributed by atoms with Crippen LogP contribution in [0.25, 0.3) is 19.5 Å². The molecule has 1 fully saturated rings. The molecule has 0 atom stereocenters. The number of hydrogen-bond donors (Lipinski definition) is 0. The van der Waals surface area contributed by atoms with Gasteiger partial charge in [-0.3, -0.25) is 4.90 Å². The molecule has 1 aliphatic rings. The van der Waals surface area contributed by atoms with Gasteiger partial charge in [0.15, 0.2) is 0 Å². The fraction of sp³-hybridized carbons (Fsp3) is 0.429. The summed E-state index contributed by atoms with van der Waals surface area (Å²) in [7, 11) is 2.24. The molecular weight excluding hydrogens is 456 g/mol. The van der Waals surface area contributed by atoms with Crippen molar-refractivity contribution in [2.45, 2.75) is 32.4 Å². The maximum absolute atomic E-state index is 3.57. The molecule has 27 heavy (non-hydrogen) atoms. The molecular formula is C21H25BrN2S3. The molecule has 0 radical (unpaired) electrons. The molecule has 0 aromatic carbocycles. The van der Waals surface area contributed by atoms with Crippen molar-refractivity contribution in [2.24, 2.45) is 0 Å². The Bertz CT molecular complexity index is 874. The summed E-state index contributed by atoms with van der Waals surface area (Å²) in [6.45, 7) is 6.99. The molecule has 1 aliphatic heterocycles. The fourth-order valence-corrected chi connectivity index (χ4v) is 7.31. The van der Waals surface area contributed by atoms with Crippen LogP contribution < -0.4 is 0 Å². The van der Waals surface area contributed by atoms with Crippen molar-refractivity contribution in [1.82, 2.24) is 9.80 Å². The van der Waals surface area contributed by atoms with E-state index in [-0.39, 0.29) is 0 Å². The predicted molar refractivity (Wildman–Crippen MR) is 125 cm³/mol. The quantitative estimate of drug-likeness (QED) is 0.379. The van der Waals surface area contributed by atoms with Gasteiger partial charge in [0, 0.05) is 37.0 Å². The lowest BCUT2D eigenvalue weighted by atomic mass is 10.0. The van der Waals surface area contributed by atoms with Crippen LogP contribution in [0.1, 0.15) is 24.6 Å². The lowest BCUT2D eigenvalue weighted by Crippen LogP contribution is -2.43. The molecule has 0 bridgehead atoms. The molecule has 0 saturated carbocycles. The monoisotopic (exact) mass is 480 g/mol. The largest absolute Gasteiger partial charge is 0.306 e. The van der Waals surface area contributed by atoms with Gasteiger partial charge in [0.1, 0.15) is 0 Å². The van der Waals surface area contributed by atoms with Crippen molar-refractivity contribution in [3.8, 4) is 19.5 Å². The minimum atomic E-state index is 0.738. The average molecular weight is 482 g/mol. The van der Waals surface area contributed by atoms with E-state index >= 15 is 0 Å². The number of nitrogens with zero attached hydrogens (tertiary/aromatic N) is 2. The van der Waals surface area contributed by atoms with Gasteiger partial charge in [0.05, 0.1) is 3.79 Å². The highest BCUT2D eigenvalue weighted by atomic mass is 79.9. The van der Waals surface area contributed by atoms with E-state index in [4.69, 9.17) is 0 Å². The lowest BCUT2D eigenvalue weighted by molar-refractivity contribution is 0.121. The van der Waals surface area contributed by atoms with Gasteiger partial charge in [-0.2, -0.15) is 0 Å². The molecule has 0 aliphatic carbocycles. The maximum atomic E-state index is 3.57. The summed E-state index contributed by atoms with van der Waals surface area (Å²) in [5.74, 6) is 0. The van der Waals surface area contributed by atoms with Crippen LogP contribution in [0.5, 0.6) is 0 Å². The van der Waals surface area contributed by atoms with Crippen LogP contribution in [-0.4, -0.2) is 42.5 Å². The molecule has 4 heterocycles. The highest BCUT2D eigenvalue weighted by molar-refractivity contribution is 9.11. The summed E-state index contributed by atoms with van der Waals surface area (Å²) < 4.78 is 1.19. The van der Waals surface area contributed by atoms with Crippen LogP contribution >= 0.6 is 49.9 Å². The van der Waals surface area contributed by atoms with E-state index < -0.39 is 0 Å². The van der Waals surface area contributed by atoms with Gasteiger partial charge in [-0.25, -0.2) is 0 Å². The Kier molecular flexibility index (Phi) is 6.52. The van der Waals surface area contributed by atoms with Crippen molar-refractivity contribution in [3.63, 3.8) is 0 Å². The zero-order valence-corrected chi connectivity index (χ0v) is 19.8. The highest BCUT2D eigenvalue weighted by Gasteiger charge is 2.22. The minimum absolute atomic E-state index is 0.738. The summed E-state index contributed by atoms with van der Waals surface area (Å²) in [6, 6.07) is 14.2.